The Kier molecular flexibility index (Phi) is 3.58. The van der Waals surface area contributed by atoms with Crippen molar-refractivity contribution >= 4 is 23.1 Å². The molecule has 1 fully saturated rings. The van der Waals surface area contributed by atoms with E-state index < -0.39 is 12.2 Å². The van der Waals surface area contributed by atoms with Gasteiger partial charge in [0.1, 0.15) is 5.75 Å². The molecule has 0 radical (unpaired) electrons. The number of hydrogen-bond acceptors (Lipinski definition) is 4. The Morgan fingerprint density at radius 2 is 1.55 bits per heavy atom. The van der Waals surface area contributed by atoms with Crippen LogP contribution in [0, 0.1) is 0 Å². The van der Waals surface area contributed by atoms with E-state index in [1.807, 2.05) is 48.5 Å². The number of Topliss-reactive ketones (excluding diaryl/α,β-unsaturated/α-hetero) is 1. The fraction of sp³-hybridized carbons (Fsp3) is 0.125. The Hall–Kier alpha value is -2.04. The van der Waals surface area contributed by atoms with Gasteiger partial charge in [-0.05, 0) is 24.4 Å². The molecule has 0 N–H and O–H groups in total. The van der Waals surface area contributed by atoms with Crippen molar-refractivity contribution in [2.75, 3.05) is 0 Å². The van der Waals surface area contributed by atoms with Crippen LogP contribution < -0.4 is 4.74 Å². The molecule has 3 nitrogen and oxygen atoms in total. The van der Waals surface area contributed by atoms with Gasteiger partial charge in [-0.3, -0.25) is 4.79 Å². The first-order valence-electron chi connectivity index (χ1n) is 6.27. The summed E-state index contributed by atoms with van der Waals surface area (Å²) in [6.45, 7) is 0. The summed E-state index contributed by atoms with van der Waals surface area (Å²) in [6, 6.07) is 18.3. The second kappa shape index (κ2) is 5.53. The van der Waals surface area contributed by atoms with Crippen molar-refractivity contribution in [2.24, 2.45) is 0 Å². The number of thiocarbonyl (C=S) groups is 1. The van der Waals surface area contributed by atoms with Crippen LogP contribution in [-0.4, -0.2) is 23.0 Å². The molecule has 3 rings (SSSR count). The Balaban J connectivity index is 1.62. The SMILES string of the molecule is O=C(c1ccccc1)[C@H]1O[C@H]1C(=S)Oc1ccccc1. The number of ether oxygens (including phenoxy) is 2. The number of ketones is 1. The third-order valence-electron chi connectivity index (χ3n) is 3.00. The van der Waals surface area contributed by atoms with Crippen LogP contribution in [0.1, 0.15) is 10.4 Å². The van der Waals surface area contributed by atoms with E-state index in [-0.39, 0.29) is 5.78 Å². The Bertz CT molecular complexity index is 625. The fourth-order valence-electron chi connectivity index (χ4n) is 1.92. The van der Waals surface area contributed by atoms with Gasteiger partial charge >= 0.3 is 0 Å². The van der Waals surface area contributed by atoms with E-state index in [1.54, 1.807) is 12.1 Å². The highest BCUT2D eigenvalue weighted by molar-refractivity contribution is 7.80. The first-order valence-corrected chi connectivity index (χ1v) is 6.68. The van der Waals surface area contributed by atoms with Crippen LogP contribution >= 0.6 is 12.2 Å². The highest BCUT2D eigenvalue weighted by Gasteiger charge is 2.49. The lowest BCUT2D eigenvalue weighted by molar-refractivity contribution is 0.0953. The summed E-state index contributed by atoms with van der Waals surface area (Å²) in [5.41, 5.74) is 0.627. The molecule has 1 heterocycles. The molecule has 0 bridgehead atoms. The minimum absolute atomic E-state index is 0.0605. The molecule has 0 spiro atoms. The number of benzene rings is 2. The predicted octanol–water partition coefficient (Wildman–Crippen LogP) is 3.04. The van der Waals surface area contributed by atoms with Gasteiger partial charge in [0.25, 0.3) is 0 Å². The van der Waals surface area contributed by atoms with E-state index >= 15 is 0 Å². The molecule has 20 heavy (non-hydrogen) atoms. The average Bonchev–Trinajstić information content (AvgIpc) is 3.29. The third kappa shape index (κ3) is 2.76. The smallest absolute Gasteiger partial charge is 0.199 e. The number of epoxide rings is 1. The molecule has 0 aromatic heterocycles. The molecular formula is C16H12O3S. The molecule has 4 heteroatoms. The molecule has 0 unspecified atom stereocenters. The lowest BCUT2D eigenvalue weighted by Crippen LogP contribution is -2.19. The zero-order valence-electron chi connectivity index (χ0n) is 10.6. The molecular weight excluding hydrogens is 272 g/mol. The summed E-state index contributed by atoms with van der Waals surface area (Å²) in [4.78, 5) is 12.1. The topological polar surface area (TPSA) is 38.8 Å². The van der Waals surface area contributed by atoms with E-state index in [1.165, 1.54) is 0 Å². The van der Waals surface area contributed by atoms with Crippen LogP contribution in [-0.2, 0) is 4.74 Å². The van der Waals surface area contributed by atoms with Gasteiger partial charge in [-0.15, -0.1) is 0 Å². The third-order valence-corrected chi connectivity index (χ3v) is 3.32. The highest BCUT2D eigenvalue weighted by Crippen LogP contribution is 2.28. The van der Waals surface area contributed by atoms with E-state index in [2.05, 4.69) is 0 Å². The van der Waals surface area contributed by atoms with E-state index in [0.29, 0.717) is 16.4 Å². The molecule has 1 aliphatic rings. The maximum Gasteiger partial charge on any atom is 0.199 e. The lowest BCUT2D eigenvalue weighted by atomic mass is 10.1. The van der Waals surface area contributed by atoms with Crippen molar-refractivity contribution in [1.29, 1.82) is 0 Å². The van der Waals surface area contributed by atoms with Crippen LogP contribution in [0.15, 0.2) is 60.7 Å². The molecule has 2 aromatic carbocycles. The summed E-state index contributed by atoms with van der Waals surface area (Å²) in [5, 5.41) is 0.297. The van der Waals surface area contributed by atoms with Gasteiger partial charge in [-0.2, -0.15) is 0 Å². The zero-order valence-corrected chi connectivity index (χ0v) is 11.4. The van der Waals surface area contributed by atoms with Gasteiger partial charge < -0.3 is 9.47 Å². The van der Waals surface area contributed by atoms with Crippen LogP contribution in [0.5, 0.6) is 5.75 Å². The maximum absolute atomic E-state index is 12.1. The standard InChI is InChI=1S/C16H12O3S/c17-13(11-7-3-1-4-8-11)14-15(19-14)16(20)18-12-9-5-2-6-10-12/h1-10,14-15H/t14-,15-/m1/s1. The largest absolute Gasteiger partial charge is 0.447 e. The number of carbonyl (C=O) groups is 1. The van der Waals surface area contributed by atoms with Crippen LogP contribution in [0.2, 0.25) is 0 Å². The summed E-state index contributed by atoms with van der Waals surface area (Å²) < 4.78 is 10.9. The van der Waals surface area contributed by atoms with Gasteiger partial charge in [0.15, 0.2) is 23.0 Å². The van der Waals surface area contributed by atoms with Gasteiger partial charge in [0.05, 0.1) is 0 Å². The van der Waals surface area contributed by atoms with Crippen LogP contribution in [0.25, 0.3) is 0 Å². The molecule has 0 amide bonds. The Labute approximate surface area is 122 Å². The number of para-hydroxylation sites is 1. The summed E-state index contributed by atoms with van der Waals surface area (Å²) in [5.74, 6) is 0.591. The van der Waals surface area contributed by atoms with Crippen molar-refractivity contribution in [3.63, 3.8) is 0 Å². The van der Waals surface area contributed by atoms with E-state index in [9.17, 15) is 4.79 Å². The fourth-order valence-corrected chi connectivity index (χ4v) is 2.20. The van der Waals surface area contributed by atoms with Crippen LogP contribution in [0.4, 0.5) is 0 Å². The molecule has 1 aliphatic heterocycles. The minimum atomic E-state index is -0.520. The monoisotopic (exact) mass is 284 g/mol. The van der Waals surface area contributed by atoms with Crippen molar-refractivity contribution in [1.82, 2.24) is 0 Å². The second-order valence-electron chi connectivity index (χ2n) is 4.44. The van der Waals surface area contributed by atoms with Gasteiger partial charge in [0, 0.05) is 5.56 Å². The molecule has 0 saturated carbocycles. The number of hydrogen-bond donors (Lipinski definition) is 0. The van der Waals surface area contributed by atoms with Crippen LogP contribution in [0.3, 0.4) is 0 Å². The van der Waals surface area contributed by atoms with Crippen molar-refractivity contribution in [2.45, 2.75) is 12.2 Å². The first kappa shape index (κ1) is 13.0. The molecule has 0 aliphatic carbocycles. The quantitative estimate of drug-likeness (QED) is 0.491. The highest BCUT2D eigenvalue weighted by atomic mass is 32.1. The second-order valence-corrected chi connectivity index (χ2v) is 4.84. The van der Waals surface area contributed by atoms with Crippen molar-refractivity contribution in [3.8, 4) is 5.75 Å². The van der Waals surface area contributed by atoms with Crippen molar-refractivity contribution < 1.29 is 14.3 Å². The van der Waals surface area contributed by atoms with Gasteiger partial charge in [-0.25, -0.2) is 0 Å². The number of carbonyl (C=O) groups excluding carboxylic acids is 1. The summed E-state index contributed by atoms with van der Waals surface area (Å²) in [6.07, 6.45) is -0.952. The maximum atomic E-state index is 12.1. The van der Waals surface area contributed by atoms with E-state index in [0.717, 1.165) is 0 Å². The molecule has 1 saturated heterocycles. The summed E-state index contributed by atoms with van der Waals surface area (Å²) >= 11 is 5.17. The lowest BCUT2D eigenvalue weighted by Gasteiger charge is -2.03. The Morgan fingerprint density at radius 1 is 0.950 bits per heavy atom. The van der Waals surface area contributed by atoms with Gasteiger partial charge in [0.2, 0.25) is 0 Å². The molecule has 100 valence electrons. The average molecular weight is 284 g/mol. The molecule has 2 aromatic rings. The predicted molar refractivity (Wildman–Crippen MR) is 79.1 cm³/mol. The minimum Gasteiger partial charge on any atom is -0.447 e. The van der Waals surface area contributed by atoms with Crippen molar-refractivity contribution in [3.05, 3.63) is 66.2 Å². The van der Waals surface area contributed by atoms with E-state index in [4.69, 9.17) is 21.7 Å². The number of rotatable bonds is 4. The normalized spacial score (nSPS) is 20.2. The van der Waals surface area contributed by atoms with Gasteiger partial charge in [-0.1, -0.05) is 48.5 Å². The Morgan fingerprint density at radius 3 is 2.20 bits per heavy atom. The first-order chi connectivity index (χ1) is 9.75. The zero-order chi connectivity index (χ0) is 13.9. The summed E-state index contributed by atoms with van der Waals surface area (Å²) in [7, 11) is 0. The molecule has 2 atom stereocenters.